The van der Waals surface area contributed by atoms with Gasteiger partial charge in [-0.15, -0.1) is 0 Å². The van der Waals surface area contributed by atoms with Crippen molar-refractivity contribution in [3.8, 4) is 11.5 Å². The second kappa shape index (κ2) is 10.4. The predicted molar refractivity (Wildman–Crippen MR) is 128 cm³/mol. The van der Waals surface area contributed by atoms with Crippen LogP contribution in [0.2, 0.25) is 0 Å². The standard InChI is InChI=1S/C23H32N2O6S2/c1-5-31-19-10-12-20(13-11-19)33(28,29)23-16-32(26,27)15-21(23)24-14-22(25(2)3)17-6-8-18(30-4)9-7-17/h6-13,21-24H,5,14-16H2,1-4H3/t21-,22?,23-/m0/s1. The minimum Gasteiger partial charge on any atom is -0.497 e. The summed E-state index contributed by atoms with van der Waals surface area (Å²) in [4.78, 5) is 2.10. The molecule has 1 aliphatic rings. The first-order chi connectivity index (χ1) is 15.6. The number of likely N-dealkylation sites (N-methyl/N-ethyl adjacent to an activating group) is 1. The van der Waals surface area contributed by atoms with Gasteiger partial charge in [0.25, 0.3) is 0 Å². The Morgan fingerprint density at radius 1 is 1.03 bits per heavy atom. The van der Waals surface area contributed by atoms with Gasteiger partial charge in [-0.05, 0) is 63.0 Å². The van der Waals surface area contributed by atoms with Crippen molar-refractivity contribution in [1.82, 2.24) is 10.2 Å². The Kier molecular flexibility index (Phi) is 8.04. The molecule has 0 aliphatic carbocycles. The van der Waals surface area contributed by atoms with Gasteiger partial charge in [-0.2, -0.15) is 0 Å². The van der Waals surface area contributed by atoms with Gasteiger partial charge >= 0.3 is 0 Å². The van der Waals surface area contributed by atoms with Crippen LogP contribution in [0.4, 0.5) is 0 Å². The van der Waals surface area contributed by atoms with Crippen molar-refractivity contribution in [2.45, 2.75) is 29.2 Å². The van der Waals surface area contributed by atoms with Gasteiger partial charge < -0.3 is 19.7 Å². The third kappa shape index (κ3) is 6.06. The second-order valence-electron chi connectivity index (χ2n) is 8.33. The largest absolute Gasteiger partial charge is 0.497 e. The summed E-state index contributed by atoms with van der Waals surface area (Å²) >= 11 is 0. The number of hydrogen-bond donors (Lipinski definition) is 1. The van der Waals surface area contributed by atoms with Crippen LogP contribution in [0, 0.1) is 0 Å². The molecule has 0 bridgehead atoms. The molecule has 0 saturated carbocycles. The summed E-state index contributed by atoms with van der Waals surface area (Å²) in [5.74, 6) is 0.706. The molecule has 1 unspecified atom stereocenters. The fourth-order valence-electron chi connectivity index (χ4n) is 4.07. The molecule has 2 aromatic rings. The van der Waals surface area contributed by atoms with Crippen LogP contribution >= 0.6 is 0 Å². The van der Waals surface area contributed by atoms with E-state index in [1.165, 1.54) is 12.1 Å². The van der Waals surface area contributed by atoms with Crippen molar-refractivity contribution < 1.29 is 26.3 Å². The maximum atomic E-state index is 13.4. The number of nitrogens with zero attached hydrogens (tertiary/aromatic N) is 1. The van der Waals surface area contributed by atoms with Crippen LogP contribution < -0.4 is 14.8 Å². The van der Waals surface area contributed by atoms with Crippen molar-refractivity contribution in [2.75, 3.05) is 45.9 Å². The number of methoxy groups -OCH3 is 1. The van der Waals surface area contributed by atoms with Crippen LogP contribution in [0.1, 0.15) is 18.5 Å². The zero-order valence-corrected chi connectivity index (χ0v) is 21.0. The average molecular weight is 497 g/mol. The molecule has 8 nitrogen and oxygen atoms in total. The summed E-state index contributed by atoms with van der Waals surface area (Å²) < 4.78 is 62.2. The summed E-state index contributed by atoms with van der Waals surface area (Å²) in [6, 6.07) is 13.0. The van der Waals surface area contributed by atoms with E-state index < -0.39 is 36.7 Å². The summed E-state index contributed by atoms with van der Waals surface area (Å²) in [6.07, 6.45) is 0. The first kappa shape index (κ1) is 25.5. The van der Waals surface area contributed by atoms with Crippen molar-refractivity contribution in [2.24, 2.45) is 0 Å². The van der Waals surface area contributed by atoms with Gasteiger partial charge in [-0.1, -0.05) is 12.1 Å². The molecule has 0 amide bonds. The molecule has 0 radical (unpaired) electrons. The summed E-state index contributed by atoms with van der Waals surface area (Å²) in [5, 5.41) is 2.19. The molecule has 1 saturated heterocycles. The van der Waals surface area contributed by atoms with E-state index in [-0.39, 0.29) is 16.7 Å². The molecule has 182 valence electrons. The number of rotatable bonds is 10. The Morgan fingerprint density at radius 2 is 1.64 bits per heavy atom. The molecule has 1 aliphatic heterocycles. The third-order valence-corrected chi connectivity index (χ3v) is 10.0. The molecule has 1 N–H and O–H groups in total. The van der Waals surface area contributed by atoms with E-state index in [9.17, 15) is 16.8 Å². The monoisotopic (exact) mass is 496 g/mol. The van der Waals surface area contributed by atoms with Crippen molar-refractivity contribution in [3.63, 3.8) is 0 Å². The van der Waals surface area contributed by atoms with Gasteiger partial charge in [0.05, 0.1) is 35.4 Å². The highest BCUT2D eigenvalue weighted by atomic mass is 32.2. The van der Waals surface area contributed by atoms with Gasteiger partial charge in [0.15, 0.2) is 19.7 Å². The highest BCUT2D eigenvalue weighted by Crippen LogP contribution is 2.28. The smallest absolute Gasteiger partial charge is 0.183 e. The Labute approximate surface area is 196 Å². The summed E-state index contributed by atoms with van der Waals surface area (Å²) in [6.45, 7) is 2.71. The normalized spacial score (nSPS) is 21.1. The second-order valence-corrected chi connectivity index (χ2v) is 12.7. The van der Waals surface area contributed by atoms with E-state index in [1.54, 1.807) is 19.2 Å². The highest BCUT2D eigenvalue weighted by Gasteiger charge is 2.45. The zero-order chi connectivity index (χ0) is 24.2. The lowest BCUT2D eigenvalue weighted by atomic mass is 10.1. The maximum absolute atomic E-state index is 13.4. The van der Waals surface area contributed by atoms with E-state index in [0.29, 0.717) is 18.9 Å². The number of ether oxygens (including phenoxy) is 2. The van der Waals surface area contributed by atoms with Crippen LogP contribution in [-0.2, 0) is 19.7 Å². The van der Waals surface area contributed by atoms with Gasteiger partial charge in [0, 0.05) is 18.6 Å². The highest BCUT2D eigenvalue weighted by molar-refractivity contribution is 7.96. The van der Waals surface area contributed by atoms with Crippen LogP contribution in [-0.4, -0.2) is 78.9 Å². The molecule has 33 heavy (non-hydrogen) atoms. The average Bonchev–Trinajstić information content (AvgIpc) is 3.10. The molecule has 1 fully saturated rings. The molecule has 2 aromatic carbocycles. The van der Waals surface area contributed by atoms with Crippen LogP contribution in [0.25, 0.3) is 0 Å². The zero-order valence-electron chi connectivity index (χ0n) is 19.4. The lowest BCUT2D eigenvalue weighted by Crippen LogP contribution is -2.46. The molecule has 10 heteroatoms. The summed E-state index contributed by atoms with van der Waals surface area (Å²) in [5.41, 5.74) is 1.01. The van der Waals surface area contributed by atoms with Gasteiger partial charge in [-0.25, -0.2) is 16.8 Å². The lowest BCUT2D eigenvalue weighted by molar-refractivity contribution is 0.281. The van der Waals surface area contributed by atoms with E-state index >= 15 is 0 Å². The Balaban J connectivity index is 1.81. The van der Waals surface area contributed by atoms with E-state index in [0.717, 1.165) is 11.3 Å². The van der Waals surface area contributed by atoms with Gasteiger partial charge in [0.2, 0.25) is 0 Å². The molecule has 0 aromatic heterocycles. The molecular formula is C23H32N2O6S2. The van der Waals surface area contributed by atoms with Crippen LogP contribution in [0.3, 0.4) is 0 Å². The Bertz CT molecular complexity index is 1130. The first-order valence-electron chi connectivity index (χ1n) is 10.8. The van der Waals surface area contributed by atoms with Crippen molar-refractivity contribution in [1.29, 1.82) is 0 Å². The van der Waals surface area contributed by atoms with Gasteiger partial charge in [-0.3, -0.25) is 0 Å². The maximum Gasteiger partial charge on any atom is 0.183 e. The van der Waals surface area contributed by atoms with Gasteiger partial charge in [0.1, 0.15) is 11.5 Å². The molecular weight excluding hydrogens is 464 g/mol. The molecule has 1 heterocycles. The van der Waals surface area contributed by atoms with Crippen molar-refractivity contribution in [3.05, 3.63) is 54.1 Å². The molecule has 3 rings (SSSR count). The fraction of sp³-hybridized carbons (Fsp3) is 0.478. The van der Waals surface area contributed by atoms with Crippen LogP contribution in [0.5, 0.6) is 11.5 Å². The Morgan fingerprint density at radius 3 is 2.18 bits per heavy atom. The predicted octanol–water partition coefficient (Wildman–Crippen LogP) is 1.93. The third-order valence-electron chi connectivity index (χ3n) is 5.86. The number of hydrogen-bond acceptors (Lipinski definition) is 8. The lowest BCUT2D eigenvalue weighted by Gasteiger charge is -2.28. The number of sulfone groups is 2. The van der Waals surface area contributed by atoms with E-state index in [1.807, 2.05) is 50.2 Å². The topological polar surface area (TPSA) is 102 Å². The Hall–Kier alpha value is -2.14. The fourth-order valence-corrected chi connectivity index (χ4v) is 8.78. The minimum absolute atomic E-state index is 0.0759. The summed E-state index contributed by atoms with van der Waals surface area (Å²) in [7, 11) is -1.89. The number of nitrogens with one attached hydrogen (secondary N) is 1. The molecule has 0 spiro atoms. The minimum atomic E-state index is -3.86. The molecule has 3 atom stereocenters. The SMILES string of the molecule is CCOc1ccc(S(=O)(=O)[C@H]2CS(=O)(=O)C[C@@H]2NCC(c2ccc(OC)cc2)N(C)C)cc1. The number of benzene rings is 2. The van der Waals surface area contributed by atoms with Crippen molar-refractivity contribution >= 4 is 19.7 Å². The quantitative estimate of drug-likeness (QED) is 0.532. The van der Waals surface area contributed by atoms with E-state index in [4.69, 9.17) is 9.47 Å². The first-order valence-corrected chi connectivity index (χ1v) is 14.1. The van der Waals surface area contributed by atoms with Crippen LogP contribution in [0.15, 0.2) is 53.4 Å². The van der Waals surface area contributed by atoms with E-state index in [2.05, 4.69) is 5.32 Å².